The molecule has 5 nitrogen and oxygen atoms in total. The van der Waals surface area contributed by atoms with Gasteiger partial charge in [-0.25, -0.2) is 4.98 Å². The van der Waals surface area contributed by atoms with Gasteiger partial charge in [-0.1, -0.05) is 20.8 Å². The van der Waals surface area contributed by atoms with Crippen LogP contribution < -0.4 is 10.6 Å². The number of nitrogens with one attached hydrogen (secondary N) is 2. The van der Waals surface area contributed by atoms with E-state index in [1.165, 1.54) is 0 Å². The van der Waals surface area contributed by atoms with Crippen molar-refractivity contribution in [2.45, 2.75) is 52.2 Å². The van der Waals surface area contributed by atoms with Gasteiger partial charge in [-0.15, -0.1) is 11.3 Å². The summed E-state index contributed by atoms with van der Waals surface area (Å²) in [5.41, 5.74) is 0.919. The lowest BCUT2D eigenvalue weighted by Crippen LogP contribution is -2.45. The minimum absolute atomic E-state index is 0.103. The highest BCUT2D eigenvalue weighted by molar-refractivity contribution is 7.09. The fourth-order valence-electron chi connectivity index (χ4n) is 1.50. The molecular weight excluding hydrogens is 284 g/mol. The molecule has 0 saturated heterocycles. The normalized spacial score (nSPS) is 13.4. The van der Waals surface area contributed by atoms with E-state index in [4.69, 9.17) is 4.74 Å². The largest absolute Gasteiger partial charge is 0.377 e. The Bertz CT molecular complexity index is 474. The number of aromatic nitrogens is 1. The standard InChI is InChI=1S/C15H28N4OS/c1-14(2,3)12-19-11(9-21-12)8-17-13(16-6)18-10-15(4,5)20-7/h9H,8,10H2,1-7H3,(H2,16,17,18). The second-order valence-corrected chi connectivity index (χ2v) is 7.50. The summed E-state index contributed by atoms with van der Waals surface area (Å²) in [4.78, 5) is 8.87. The third-order valence-corrected chi connectivity index (χ3v) is 4.40. The fraction of sp³-hybridized carbons (Fsp3) is 0.733. The molecule has 1 heterocycles. The summed E-state index contributed by atoms with van der Waals surface area (Å²) in [6.07, 6.45) is 0. The molecule has 0 atom stereocenters. The number of hydrogen-bond donors (Lipinski definition) is 2. The first-order valence-electron chi connectivity index (χ1n) is 7.12. The predicted octanol–water partition coefficient (Wildman–Crippen LogP) is 2.53. The van der Waals surface area contributed by atoms with Gasteiger partial charge in [-0.05, 0) is 13.8 Å². The first-order chi connectivity index (χ1) is 9.68. The maximum Gasteiger partial charge on any atom is 0.191 e. The van der Waals surface area contributed by atoms with Gasteiger partial charge in [0.05, 0.1) is 22.8 Å². The van der Waals surface area contributed by atoms with Crippen LogP contribution in [-0.4, -0.2) is 37.2 Å². The van der Waals surface area contributed by atoms with Crippen molar-refractivity contribution in [2.75, 3.05) is 20.7 Å². The van der Waals surface area contributed by atoms with Gasteiger partial charge in [0.25, 0.3) is 0 Å². The quantitative estimate of drug-likeness (QED) is 0.648. The molecule has 0 aliphatic carbocycles. The molecule has 1 rings (SSSR count). The van der Waals surface area contributed by atoms with Gasteiger partial charge in [-0.2, -0.15) is 0 Å². The molecule has 120 valence electrons. The molecule has 0 fully saturated rings. The SMILES string of the molecule is CN=C(NCc1csc(C(C)(C)C)n1)NCC(C)(C)OC. The molecule has 0 aromatic carbocycles. The van der Waals surface area contributed by atoms with Crippen LogP contribution >= 0.6 is 11.3 Å². The minimum atomic E-state index is -0.225. The molecule has 0 unspecified atom stereocenters. The maximum absolute atomic E-state index is 5.38. The second kappa shape index (κ2) is 7.22. The second-order valence-electron chi connectivity index (χ2n) is 6.64. The van der Waals surface area contributed by atoms with E-state index in [9.17, 15) is 0 Å². The highest BCUT2D eigenvalue weighted by Gasteiger charge is 2.18. The number of thiazole rings is 1. The zero-order valence-electron chi connectivity index (χ0n) is 14.2. The average molecular weight is 312 g/mol. The van der Waals surface area contributed by atoms with Crippen molar-refractivity contribution in [3.63, 3.8) is 0 Å². The lowest BCUT2D eigenvalue weighted by Gasteiger charge is -2.24. The van der Waals surface area contributed by atoms with Crippen LogP contribution in [0.5, 0.6) is 0 Å². The molecule has 0 aliphatic heterocycles. The van der Waals surface area contributed by atoms with Gasteiger partial charge < -0.3 is 15.4 Å². The number of hydrogen-bond acceptors (Lipinski definition) is 4. The number of nitrogens with zero attached hydrogens (tertiary/aromatic N) is 2. The number of aliphatic imine (C=N–C) groups is 1. The van der Waals surface area contributed by atoms with Crippen LogP contribution in [0.2, 0.25) is 0 Å². The van der Waals surface area contributed by atoms with Crippen LogP contribution in [0.1, 0.15) is 45.3 Å². The van der Waals surface area contributed by atoms with Gasteiger partial charge in [0.2, 0.25) is 0 Å². The highest BCUT2D eigenvalue weighted by atomic mass is 32.1. The molecule has 0 spiro atoms. The summed E-state index contributed by atoms with van der Waals surface area (Å²) in [7, 11) is 3.47. The lowest BCUT2D eigenvalue weighted by atomic mass is 9.98. The van der Waals surface area contributed by atoms with E-state index >= 15 is 0 Å². The van der Waals surface area contributed by atoms with Crippen molar-refractivity contribution >= 4 is 17.3 Å². The summed E-state index contributed by atoms with van der Waals surface area (Å²) in [6, 6.07) is 0. The van der Waals surface area contributed by atoms with Crippen LogP contribution in [0.25, 0.3) is 0 Å². The Labute approximate surface area is 132 Å². The average Bonchev–Trinajstić information content (AvgIpc) is 2.88. The Balaban J connectivity index is 2.51. The molecule has 0 bridgehead atoms. The van der Waals surface area contributed by atoms with Crippen molar-refractivity contribution in [3.8, 4) is 0 Å². The van der Waals surface area contributed by atoms with Crippen molar-refractivity contribution < 1.29 is 4.74 Å². The Hall–Kier alpha value is -1.14. The third-order valence-electron chi connectivity index (χ3n) is 3.09. The van der Waals surface area contributed by atoms with Crippen molar-refractivity contribution in [3.05, 3.63) is 16.1 Å². The molecule has 1 aromatic heterocycles. The highest BCUT2D eigenvalue weighted by Crippen LogP contribution is 2.25. The first kappa shape index (κ1) is 17.9. The van der Waals surface area contributed by atoms with Gasteiger partial charge in [0.1, 0.15) is 0 Å². The van der Waals surface area contributed by atoms with Crippen LogP contribution in [0.3, 0.4) is 0 Å². The molecule has 0 aliphatic rings. The summed E-state index contributed by atoms with van der Waals surface area (Å²) in [6.45, 7) is 11.9. The fourth-order valence-corrected chi connectivity index (χ4v) is 2.40. The van der Waals surface area contributed by atoms with E-state index < -0.39 is 0 Å². The number of guanidine groups is 1. The number of ether oxygens (including phenoxy) is 1. The zero-order chi connectivity index (χ0) is 16.1. The Morgan fingerprint density at radius 2 is 1.95 bits per heavy atom. The van der Waals surface area contributed by atoms with E-state index in [2.05, 4.69) is 46.8 Å². The number of rotatable bonds is 5. The number of methoxy groups -OCH3 is 1. The summed E-state index contributed by atoms with van der Waals surface area (Å²) in [5.74, 6) is 0.755. The lowest BCUT2D eigenvalue weighted by molar-refractivity contribution is 0.0268. The molecule has 0 amide bonds. The molecule has 21 heavy (non-hydrogen) atoms. The van der Waals surface area contributed by atoms with E-state index in [-0.39, 0.29) is 11.0 Å². The van der Waals surface area contributed by atoms with Crippen molar-refractivity contribution in [2.24, 2.45) is 4.99 Å². The van der Waals surface area contributed by atoms with E-state index in [0.29, 0.717) is 13.1 Å². The predicted molar refractivity (Wildman–Crippen MR) is 90.1 cm³/mol. The molecule has 0 saturated carbocycles. The van der Waals surface area contributed by atoms with E-state index in [1.807, 2.05) is 13.8 Å². The molecule has 1 aromatic rings. The van der Waals surface area contributed by atoms with Crippen LogP contribution in [0, 0.1) is 0 Å². The van der Waals surface area contributed by atoms with Gasteiger partial charge in [0, 0.05) is 31.5 Å². The maximum atomic E-state index is 5.38. The summed E-state index contributed by atoms with van der Waals surface area (Å²) in [5, 5.41) is 9.78. The van der Waals surface area contributed by atoms with Crippen molar-refractivity contribution in [1.29, 1.82) is 0 Å². The van der Waals surface area contributed by atoms with Gasteiger partial charge >= 0.3 is 0 Å². The molecule has 6 heteroatoms. The summed E-state index contributed by atoms with van der Waals surface area (Å²) >= 11 is 1.71. The molecule has 2 N–H and O–H groups in total. The van der Waals surface area contributed by atoms with Crippen LogP contribution in [0.4, 0.5) is 0 Å². The van der Waals surface area contributed by atoms with Gasteiger partial charge in [0.15, 0.2) is 5.96 Å². The van der Waals surface area contributed by atoms with Crippen LogP contribution in [0.15, 0.2) is 10.4 Å². The Morgan fingerprint density at radius 1 is 1.29 bits per heavy atom. The monoisotopic (exact) mass is 312 g/mol. The Kier molecular flexibility index (Phi) is 6.16. The van der Waals surface area contributed by atoms with Gasteiger partial charge in [-0.3, -0.25) is 4.99 Å². The summed E-state index contributed by atoms with van der Waals surface area (Å²) < 4.78 is 5.38. The first-order valence-corrected chi connectivity index (χ1v) is 8.00. The topological polar surface area (TPSA) is 58.5 Å². The third kappa shape index (κ3) is 6.01. The molecule has 0 radical (unpaired) electrons. The Morgan fingerprint density at radius 3 is 2.43 bits per heavy atom. The zero-order valence-corrected chi connectivity index (χ0v) is 15.0. The van der Waals surface area contributed by atoms with Crippen molar-refractivity contribution in [1.82, 2.24) is 15.6 Å². The van der Waals surface area contributed by atoms with E-state index in [1.54, 1.807) is 25.5 Å². The minimum Gasteiger partial charge on any atom is -0.377 e. The van der Waals surface area contributed by atoms with E-state index in [0.717, 1.165) is 16.7 Å². The van der Waals surface area contributed by atoms with Crippen LogP contribution in [-0.2, 0) is 16.7 Å². The molecular formula is C15H28N4OS. The smallest absolute Gasteiger partial charge is 0.191 e.